The summed E-state index contributed by atoms with van der Waals surface area (Å²) in [7, 11) is 1.29. The zero-order valence-electron chi connectivity index (χ0n) is 8.66. The third kappa shape index (κ3) is 4.23. The summed E-state index contributed by atoms with van der Waals surface area (Å²) >= 11 is 1.16. The smallest absolute Gasteiger partial charge is 0.416 e. The minimum Gasteiger partial charge on any atom is -0.452 e. The summed E-state index contributed by atoms with van der Waals surface area (Å²) in [5, 5.41) is 8.31. The summed E-state index contributed by atoms with van der Waals surface area (Å²) in [5.41, 5.74) is -0.625. The lowest BCUT2D eigenvalue weighted by molar-refractivity contribution is 0.0740. The highest BCUT2D eigenvalue weighted by Crippen LogP contribution is 2.23. The molecule has 0 radical (unpaired) electrons. The maximum absolute atomic E-state index is 10.7. The molecule has 0 aliphatic heterocycles. The Kier molecular flexibility index (Phi) is 5.16. The number of amides is 1. The molecule has 0 saturated carbocycles. The van der Waals surface area contributed by atoms with E-state index in [-0.39, 0.29) is 5.25 Å². The summed E-state index contributed by atoms with van der Waals surface area (Å²) in [5.74, 6) is 0. The molecule has 1 unspecified atom stereocenters. The highest BCUT2D eigenvalue weighted by molar-refractivity contribution is 7.98. The predicted octanol–water partition coefficient (Wildman–Crippen LogP) is 1.66. The van der Waals surface area contributed by atoms with Crippen LogP contribution in [0, 0.1) is 11.5 Å². The van der Waals surface area contributed by atoms with Gasteiger partial charge in [0.05, 0.1) is 12.4 Å². The zero-order valence-corrected chi connectivity index (χ0v) is 9.47. The molecular weight excluding hydrogens is 204 g/mol. The number of nitrogens with zero attached hydrogens (tertiary/aromatic N) is 1. The van der Waals surface area contributed by atoms with Crippen LogP contribution in [0.4, 0.5) is 4.79 Å². The first-order valence-electron chi connectivity index (χ1n) is 4.00. The van der Waals surface area contributed by atoms with E-state index < -0.39 is 11.7 Å². The van der Waals surface area contributed by atoms with Crippen molar-refractivity contribution in [2.75, 3.05) is 7.11 Å². The molecule has 1 atom stereocenters. The summed E-state index contributed by atoms with van der Waals surface area (Å²) in [6.45, 7) is 5.39. The number of methoxy groups -OCH3 is 1. The van der Waals surface area contributed by atoms with Gasteiger partial charge in [-0.1, -0.05) is 0 Å². The second-order valence-corrected chi connectivity index (χ2v) is 4.30. The van der Waals surface area contributed by atoms with Crippen LogP contribution in [0.3, 0.4) is 0 Å². The highest BCUT2D eigenvalue weighted by Gasteiger charge is 2.29. The van der Waals surface area contributed by atoms with Crippen LogP contribution >= 0.6 is 11.9 Å². The molecule has 80 valence electrons. The van der Waals surface area contributed by atoms with Gasteiger partial charge < -0.3 is 9.47 Å². The Labute approximate surface area is 87.9 Å². The number of nitriles is 1. The number of hydrogen-bond donors (Lipinski definition) is 1. The molecule has 0 saturated heterocycles. The van der Waals surface area contributed by atoms with Crippen LogP contribution in [-0.2, 0) is 9.47 Å². The monoisotopic (exact) mass is 218 g/mol. The van der Waals surface area contributed by atoms with Crippen molar-refractivity contribution in [2.24, 2.45) is 0 Å². The second-order valence-electron chi connectivity index (χ2n) is 3.15. The molecule has 14 heavy (non-hydrogen) atoms. The Morgan fingerprint density at radius 1 is 1.64 bits per heavy atom. The Morgan fingerprint density at radius 3 is 2.64 bits per heavy atom. The van der Waals surface area contributed by atoms with Gasteiger partial charge in [0.15, 0.2) is 0 Å². The van der Waals surface area contributed by atoms with Crippen molar-refractivity contribution < 1.29 is 14.3 Å². The lowest BCUT2D eigenvalue weighted by Gasteiger charge is -2.27. The summed E-state index contributed by atoms with van der Waals surface area (Å²) < 4.78 is 11.7. The van der Waals surface area contributed by atoms with Gasteiger partial charge in [-0.2, -0.15) is 5.26 Å². The first-order chi connectivity index (χ1) is 6.44. The van der Waals surface area contributed by atoms with Crippen LogP contribution in [-0.4, -0.2) is 24.1 Å². The van der Waals surface area contributed by atoms with Crippen LogP contribution in [0.15, 0.2) is 0 Å². The van der Waals surface area contributed by atoms with Crippen molar-refractivity contribution in [1.29, 1.82) is 5.26 Å². The molecular formula is C8H14N2O3S. The van der Waals surface area contributed by atoms with Crippen LogP contribution in [0.5, 0.6) is 0 Å². The summed E-state index contributed by atoms with van der Waals surface area (Å²) in [6, 6.07) is 0. The van der Waals surface area contributed by atoms with Gasteiger partial charge in [-0.05, 0) is 32.7 Å². The molecule has 5 nitrogen and oxygen atoms in total. The quantitative estimate of drug-likeness (QED) is 0.574. The largest absolute Gasteiger partial charge is 0.452 e. The number of carbonyl (C=O) groups is 1. The third-order valence-electron chi connectivity index (χ3n) is 1.79. The van der Waals surface area contributed by atoms with E-state index in [0.29, 0.717) is 0 Å². The van der Waals surface area contributed by atoms with Gasteiger partial charge in [0, 0.05) is 0 Å². The minimum absolute atomic E-state index is 0.0683. The Hall–Kier alpha value is -1.09. The number of rotatable bonds is 4. The topological polar surface area (TPSA) is 71.3 Å². The van der Waals surface area contributed by atoms with E-state index in [4.69, 9.17) is 10.00 Å². The highest BCUT2D eigenvalue weighted by atomic mass is 32.2. The van der Waals surface area contributed by atoms with Crippen LogP contribution < -0.4 is 4.72 Å². The number of nitrogens with one attached hydrogen (secondary N) is 1. The van der Waals surface area contributed by atoms with Crippen molar-refractivity contribution in [1.82, 2.24) is 4.72 Å². The van der Waals surface area contributed by atoms with Crippen molar-refractivity contribution >= 4 is 18.0 Å². The molecule has 0 aliphatic rings. The number of ether oxygens (including phenoxy) is 2. The normalized spacial score (nSPS) is 12.5. The molecule has 0 aliphatic carbocycles. The van der Waals surface area contributed by atoms with E-state index in [1.165, 1.54) is 7.11 Å². The van der Waals surface area contributed by atoms with E-state index in [1.54, 1.807) is 20.1 Å². The maximum atomic E-state index is 10.7. The first-order valence-corrected chi connectivity index (χ1v) is 4.88. The molecule has 0 bridgehead atoms. The van der Waals surface area contributed by atoms with Gasteiger partial charge >= 0.3 is 6.09 Å². The van der Waals surface area contributed by atoms with E-state index in [9.17, 15) is 4.79 Å². The van der Waals surface area contributed by atoms with Gasteiger partial charge in [-0.25, -0.2) is 4.79 Å². The van der Waals surface area contributed by atoms with Crippen molar-refractivity contribution in [3.05, 3.63) is 0 Å². The number of hydrogen-bond acceptors (Lipinski definition) is 5. The molecule has 1 N–H and O–H groups in total. The van der Waals surface area contributed by atoms with E-state index >= 15 is 0 Å². The average Bonchev–Trinajstić information content (AvgIpc) is 2.13. The predicted molar refractivity (Wildman–Crippen MR) is 53.4 cm³/mol. The average molecular weight is 218 g/mol. The van der Waals surface area contributed by atoms with Gasteiger partial charge in [0.2, 0.25) is 0 Å². The fourth-order valence-corrected chi connectivity index (χ4v) is 1.21. The van der Waals surface area contributed by atoms with Crippen LogP contribution in [0.25, 0.3) is 0 Å². The van der Waals surface area contributed by atoms with Crippen LogP contribution in [0.1, 0.15) is 20.8 Å². The zero-order chi connectivity index (χ0) is 11.2. The van der Waals surface area contributed by atoms with Crippen molar-refractivity contribution in [2.45, 2.75) is 31.6 Å². The standard InChI is InChI=1S/C8H14N2O3S/c1-6(8(2,3)13-5-9)14-10-7(11)12-4/h6H,1-4H3,(H,10,11). The van der Waals surface area contributed by atoms with Gasteiger partial charge in [-0.15, -0.1) is 0 Å². The summed E-state index contributed by atoms with van der Waals surface area (Å²) in [6.07, 6.45) is 1.11. The summed E-state index contributed by atoms with van der Waals surface area (Å²) in [4.78, 5) is 10.7. The van der Waals surface area contributed by atoms with Crippen molar-refractivity contribution in [3.8, 4) is 6.26 Å². The van der Waals surface area contributed by atoms with Crippen molar-refractivity contribution in [3.63, 3.8) is 0 Å². The van der Waals surface area contributed by atoms with Gasteiger partial charge in [0.1, 0.15) is 5.60 Å². The third-order valence-corrected chi connectivity index (χ3v) is 3.00. The molecule has 1 amide bonds. The molecule has 6 heteroatoms. The van der Waals surface area contributed by atoms with Gasteiger partial charge in [-0.3, -0.25) is 4.72 Å². The molecule has 0 rings (SSSR count). The maximum Gasteiger partial charge on any atom is 0.416 e. The number of carbonyl (C=O) groups excluding carboxylic acids is 1. The fourth-order valence-electron chi connectivity index (χ4n) is 0.521. The molecule has 0 fully saturated rings. The van der Waals surface area contributed by atoms with E-state index in [0.717, 1.165) is 11.9 Å². The molecule has 0 aromatic carbocycles. The van der Waals surface area contributed by atoms with E-state index in [1.807, 2.05) is 6.92 Å². The Balaban J connectivity index is 4.01. The fraction of sp³-hybridized carbons (Fsp3) is 0.750. The second kappa shape index (κ2) is 5.60. The molecule has 0 aromatic rings. The Bertz CT molecular complexity index is 237. The first kappa shape index (κ1) is 12.9. The lowest BCUT2D eigenvalue weighted by atomic mass is 10.1. The molecule has 0 aromatic heterocycles. The Morgan fingerprint density at radius 2 is 2.21 bits per heavy atom. The van der Waals surface area contributed by atoms with Gasteiger partial charge in [0.25, 0.3) is 6.26 Å². The molecule has 0 heterocycles. The molecule has 0 spiro atoms. The minimum atomic E-state index is -0.625. The van der Waals surface area contributed by atoms with E-state index in [2.05, 4.69) is 9.46 Å². The van der Waals surface area contributed by atoms with Crippen LogP contribution in [0.2, 0.25) is 0 Å². The SMILES string of the molecule is COC(=O)NSC(C)C(C)(C)OC#N. The lowest BCUT2D eigenvalue weighted by Crippen LogP contribution is -2.36.